The van der Waals surface area contributed by atoms with Crippen molar-refractivity contribution in [1.29, 1.82) is 0 Å². The van der Waals surface area contributed by atoms with E-state index in [4.69, 9.17) is 4.74 Å². The number of hydrogen-bond donors (Lipinski definition) is 2. The van der Waals surface area contributed by atoms with Crippen molar-refractivity contribution in [2.45, 2.75) is 59.7 Å². The minimum Gasteiger partial charge on any atom is -0.496 e. The van der Waals surface area contributed by atoms with Crippen molar-refractivity contribution >= 4 is 29.9 Å². The number of benzene rings is 1. The van der Waals surface area contributed by atoms with E-state index < -0.39 is 0 Å². The highest BCUT2D eigenvalue weighted by atomic mass is 127. The number of nitrogens with zero attached hydrogens (tertiary/aromatic N) is 2. The molecule has 26 heavy (non-hydrogen) atoms. The summed E-state index contributed by atoms with van der Waals surface area (Å²) in [6, 6.07) is 7.39. The van der Waals surface area contributed by atoms with E-state index in [1.807, 2.05) is 13.1 Å². The second-order valence-electron chi connectivity index (χ2n) is 6.94. The fourth-order valence-corrected chi connectivity index (χ4v) is 3.04. The zero-order valence-corrected chi connectivity index (χ0v) is 19.8. The minimum atomic E-state index is 0. The van der Waals surface area contributed by atoms with Crippen LogP contribution in [-0.2, 0) is 6.54 Å². The number of methoxy groups -OCH3 is 1. The number of guanidine groups is 1. The summed E-state index contributed by atoms with van der Waals surface area (Å²) in [5, 5.41) is 6.77. The van der Waals surface area contributed by atoms with Gasteiger partial charge in [-0.05, 0) is 58.2 Å². The number of aryl methyl sites for hydroxylation is 1. The molecule has 0 saturated carbocycles. The number of aliphatic imine (C=N–C) groups is 1. The third kappa shape index (κ3) is 8.58. The summed E-state index contributed by atoms with van der Waals surface area (Å²) in [5.41, 5.74) is 2.36. The maximum absolute atomic E-state index is 5.30. The van der Waals surface area contributed by atoms with Gasteiger partial charge >= 0.3 is 0 Å². The number of halogens is 1. The van der Waals surface area contributed by atoms with Gasteiger partial charge in [0.25, 0.3) is 0 Å². The van der Waals surface area contributed by atoms with Gasteiger partial charge in [0.1, 0.15) is 5.75 Å². The van der Waals surface area contributed by atoms with Gasteiger partial charge in [0, 0.05) is 38.8 Å². The van der Waals surface area contributed by atoms with Gasteiger partial charge in [-0.15, -0.1) is 24.0 Å². The van der Waals surface area contributed by atoms with Crippen LogP contribution in [0.1, 0.15) is 45.2 Å². The molecule has 1 aromatic rings. The zero-order chi connectivity index (χ0) is 18.8. The van der Waals surface area contributed by atoms with Gasteiger partial charge in [-0.25, -0.2) is 0 Å². The Morgan fingerprint density at radius 2 is 1.81 bits per heavy atom. The largest absolute Gasteiger partial charge is 0.496 e. The highest BCUT2D eigenvalue weighted by Gasteiger charge is 2.12. The average molecular weight is 476 g/mol. The molecule has 2 N–H and O–H groups in total. The lowest BCUT2D eigenvalue weighted by molar-refractivity contribution is 0.173. The molecule has 0 saturated heterocycles. The van der Waals surface area contributed by atoms with E-state index in [1.165, 1.54) is 5.56 Å². The van der Waals surface area contributed by atoms with Crippen LogP contribution in [0, 0.1) is 6.92 Å². The molecule has 6 heteroatoms. The van der Waals surface area contributed by atoms with Gasteiger partial charge in [0.2, 0.25) is 0 Å². The highest BCUT2D eigenvalue weighted by molar-refractivity contribution is 14.0. The van der Waals surface area contributed by atoms with E-state index in [1.54, 1.807) is 7.11 Å². The molecule has 0 amide bonds. The van der Waals surface area contributed by atoms with E-state index in [-0.39, 0.29) is 24.0 Å². The lowest BCUT2D eigenvalue weighted by Gasteiger charge is -2.30. The van der Waals surface area contributed by atoms with Crippen LogP contribution in [0.4, 0.5) is 0 Å². The predicted octanol–water partition coefficient (Wildman–Crippen LogP) is 3.80. The van der Waals surface area contributed by atoms with Crippen LogP contribution in [0.25, 0.3) is 0 Å². The Kier molecular flexibility index (Phi) is 12.7. The first kappa shape index (κ1) is 25.0. The molecule has 0 aliphatic heterocycles. The molecule has 0 aliphatic rings. The summed E-state index contributed by atoms with van der Waals surface area (Å²) < 4.78 is 5.30. The Morgan fingerprint density at radius 1 is 1.15 bits per heavy atom. The third-order valence-corrected chi connectivity index (χ3v) is 4.35. The number of rotatable bonds is 9. The molecule has 150 valence electrons. The fraction of sp³-hybridized carbons (Fsp3) is 0.650. The Hall–Kier alpha value is -1.02. The average Bonchev–Trinajstić information content (AvgIpc) is 2.56. The molecule has 0 atom stereocenters. The van der Waals surface area contributed by atoms with Crippen LogP contribution in [0.2, 0.25) is 0 Å². The van der Waals surface area contributed by atoms with Crippen molar-refractivity contribution in [2.24, 2.45) is 4.99 Å². The number of hydrogen-bond acceptors (Lipinski definition) is 3. The lowest BCUT2D eigenvalue weighted by atomic mass is 10.1. The zero-order valence-electron chi connectivity index (χ0n) is 17.4. The Labute approximate surface area is 177 Å². The molecule has 1 aromatic carbocycles. The smallest absolute Gasteiger partial charge is 0.191 e. The molecule has 0 aliphatic carbocycles. The van der Waals surface area contributed by atoms with Crippen molar-refractivity contribution < 1.29 is 4.74 Å². The lowest BCUT2D eigenvalue weighted by Crippen LogP contribution is -2.41. The number of ether oxygens (including phenoxy) is 1. The summed E-state index contributed by atoms with van der Waals surface area (Å²) in [4.78, 5) is 6.81. The van der Waals surface area contributed by atoms with Gasteiger partial charge in [-0.3, -0.25) is 9.89 Å². The first-order valence-electron chi connectivity index (χ1n) is 9.22. The second kappa shape index (κ2) is 13.2. The molecular weight excluding hydrogens is 439 g/mol. The molecule has 0 aromatic heterocycles. The molecule has 0 heterocycles. The van der Waals surface area contributed by atoms with Gasteiger partial charge in [0.05, 0.1) is 7.11 Å². The normalized spacial score (nSPS) is 11.7. The van der Waals surface area contributed by atoms with Crippen LogP contribution < -0.4 is 15.4 Å². The van der Waals surface area contributed by atoms with Gasteiger partial charge in [0.15, 0.2) is 5.96 Å². The summed E-state index contributed by atoms with van der Waals surface area (Å²) in [5.74, 6) is 1.76. The topological polar surface area (TPSA) is 48.9 Å². The fourth-order valence-electron chi connectivity index (χ4n) is 3.04. The summed E-state index contributed by atoms with van der Waals surface area (Å²) >= 11 is 0. The van der Waals surface area contributed by atoms with Gasteiger partial charge < -0.3 is 15.4 Å². The summed E-state index contributed by atoms with van der Waals surface area (Å²) in [7, 11) is 3.51. The molecule has 1 rings (SSSR count). The van der Waals surface area contributed by atoms with Crippen LogP contribution in [0.5, 0.6) is 5.75 Å². The maximum Gasteiger partial charge on any atom is 0.191 e. The Bertz CT molecular complexity index is 539. The SMILES string of the molecule is CN=C(NCCCN(C(C)C)C(C)C)NCc1ccc(OC)c(C)c1.I. The number of nitrogens with one attached hydrogen (secondary N) is 2. The summed E-state index contributed by atoms with van der Waals surface area (Å²) in [6.45, 7) is 13.8. The molecular formula is C20H37IN4O. The van der Waals surface area contributed by atoms with E-state index in [0.717, 1.165) is 43.3 Å². The van der Waals surface area contributed by atoms with Gasteiger partial charge in [-0.2, -0.15) is 0 Å². The van der Waals surface area contributed by atoms with Crippen LogP contribution >= 0.6 is 24.0 Å². The van der Waals surface area contributed by atoms with Crippen LogP contribution in [0.15, 0.2) is 23.2 Å². The first-order valence-corrected chi connectivity index (χ1v) is 9.22. The van der Waals surface area contributed by atoms with Crippen molar-refractivity contribution in [1.82, 2.24) is 15.5 Å². The van der Waals surface area contributed by atoms with Crippen LogP contribution in [-0.4, -0.2) is 50.2 Å². The maximum atomic E-state index is 5.30. The highest BCUT2D eigenvalue weighted by Crippen LogP contribution is 2.18. The molecule has 0 radical (unpaired) electrons. The Balaban J connectivity index is 0.00000625. The Morgan fingerprint density at radius 3 is 2.31 bits per heavy atom. The minimum absolute atomic E-state index is 0. The van der Waals surface area contributed by atoms with Crippen molar-refractivity contribution in [3.63, 3.8) is 0 Å². The predicted molar refractivity (Wildman–Crippen MR) is 123 cm³/mol. The second-order valence-corrected chi connectivity index (χ2v) is 6.94. The monoisotopic (exact) mass is 476 g/mol. The van der Waals surface area contributed by atoms with E-state index in [0.29, 0.717) is 12.1 Å². The van der Waals surface area contributed by atoms with Crippen molar-refractivity contribution in [2.75, 3.05) is 27.2 Å². The molecule has 0 bridgehead atoms. The molecule has 0 spiro atoms. The van der Waals surface area contributed by atoms with Crippen molar-refractivity contribution in [3.05, 3.63) is 29.3 Å². The third-order valence-electron chi connectivity index (χ3n) is 4.35. The van der Waals surface area contributed by atoms with Gasteiger partial charge in [-0.1, -0.05) is 12.1 Å². The first-order chi connectivity index (χ1) is 11.9. The molecule has 5 nitrogen and oxygen atoms in total. The van der Waals surface area contributed by atoms with E-state index in [9.17, 15) is 0 Å². The van der Waals surface area contributed by atoms with E-state index in [2.05, 4.69) is 67.3 Å². The van der Waals surface area contributed by atoms with Crippen LogP contribution in [0.3, 0.4) is 0 Å². The molecule has 0 fully saturated rings. The standard InChI is InChI=1S/C20H36N4O.HI/c1-15(2)24(16(3)4)12-8-11-22-20(21-6)23-14-18-9-10-19(25-7)17(5)13-18;/h9-10,13,15-16H,8,11-12,14H2,1-7H3,(H2,21,22,23);1H. The summed E-state index contributed by atoms with van der Waals surface area (Å²) in [6.07, 6.45) is 1.10. The quantitative estimate of drug-likeness (QED) is 0.247. The van der Waals surface area contributed by atoms with E-state index >= 15 is 0 Å². The van der Waals surface area contributed by atoms with Crippen molar-refractivity contribution in [3.8, 4) is 5.75 Å². The molecule has 0 unspecified atom stereocenters.